The van der Waals surface area contributed by atoms with Gasteiger partial charge in [0.1, 0.15) is 6.04 Å². The molecule has 6 heteroatoms. The molecule has 4 nitrogen and oxygen atoms in total. The first-order valence-corrected chi connectivity index (χ1v) is 8.05. The Bertz CT molecular complexity index is 430. The summed E-state index contributed by atoms with van der Waals surface area (Å²) in [6.45, 7) is 1.42. The summed E-state index contributed by atoms with van der Waals surface area (Å²) >= 11 is 5.02. The van der Waals surface area contributed by atoms with Crippen molar-refractivity contribution >= 4 is 33.2 Å². The number of ether oxygens (including phenoxy) is 1. The van der Waals surface area contributed by atoms with Crippen LogP contribution >= 0.6 is 27.3 Å². The lowest BCUT2D eigenvalue weighted by molar-refractivity contribution is -0.126. The maximum atomic E-state index is 12.3. The van der Waals surface area contributed by atoms with Gasteiger partial charge in [-0.1, -0.05) is 0 Å². The second kappa shape index (κ2) is 6.83. The van der Waals surface area contributed by atoms with Crippen LogP contribution in [0.3, 0.4) is 0 Å². The Morgan fingerprint density at radius 3 is 3.00 bits per heavy atom. The van der Waals surface area contributed by atoms with E-state index < -0.39 is 0 Å². The molecule has 0 aromatic carbocycles. The number of amides is 1. The molecule has 0 unspecified atom stereocenters. The van der Waals surface area contributed by atoms with Gasteiger partial charge >= 0.3 is 0 Å². The number of carbonyl (C=O) groups is 1. The second-order valence-corrected chi connectivity index (χ2v) is 6.77. The molecule has 1 saturated heterocycles. The van der Waals surface area contributed by atoms with Crippen LogP contribution in [-0.2, 0) is 9.53 Å². The number of halogens is 1. The van der Waals surface area contributed by atoms with Crippen LogP contribution in [0.15, 0.2) is 15.9 Å². The lowest BCUT2D eigenvalue weighted by Crippen LogP contribution is -2.39. The quantitative estimate of drug-likeness (QED) is 0.889. The minimum atomic E-state index is -0.238. The van der Waals surface area contributed by atoms with Crippen LogP contribution < -0.4 is 5.32 Å². The van der Waals surface area contributed by atoms with Gasteiger partial charge in [-0.05, 0) is 48.9 Å². The van der Waals surface area contributed by atoms with Crippen LogP contribution in [0.2, 0.25) is 0 Å². The molecule has 2 rings (SSSR count). The van der Waals surface area contributed by atoms with E-state index in [0.29, 0.717) is 6.54 Å². The Morgan fingerprint density at radius 1 is 1.68 bits per heavy atom. The fourth-order valence-corrected chi connectivity index (χ4v) is 3.84. The van der Waals surface area contributed by atoms with Crippen LogP contribution in [-0.4, -0.2) is 44.2 Å². The Balaban J connectivity index is 1.96. The number of nitrogens with one attached hydrogen (secondary N) is 1. The van der Waals surface area contributed by atoms with Gasteiger partial charge in [0.05, 0.1) is 6.10 Å². The van der Waals surface area contributed by atoms with E-state index in [9.17, 15) is 4.79 Å². The third-order valence-electron chi connectivity index (χ3n) is 3.15. The molecule has 1 N–H and O–H groups in total. The fraction of sp³-hybridized carbons (Fsp3) is 0.615. The number of nitrogens with zero attached hydrogens (tertiary/aromatic N) is 1. The molecular weight excluding hydrogens is 328 g/mol. The van der Waals surface area contributed by atoms with Crippen molar-refractivity contribution < 1.29 is 9.53 Å². The molecule has 1 aromatic heterocycles. The van der Waals surface area contributed by atoms with Crippen molar-refractivity contribution in [3.63, 3.8) is 0 Å². The highest BCUT2D eigenvalue weighted by Crippen LogP contribution is 2.28. The Kier molecular flexibility index (Phi) is 5.38. The minimum absolute atomic E-state index is 0.0369. The lowest BCUT2D eigenvalue weighted by Gasteiger charge is -2.23. The molecule has 0 aliphatic carbocycles. The van der Waals surface area contributed by atoms with Crippen molar-refractivity contribution in [2.24, 2.45) is 0 Å². The number of hydrogen-bond donors (Lipinski definition) is 1. The molecule has 19 heavy (non-hydrogen) atoms. The molecule has 1 aromatic rings. The molecule has 0 spiro atoms. The highest BCUT2D eigenvalue weighted by atomic mass is 79.9. The molecule has 106 valence electrons. The molecule has 1 aliphatic rings. The molecule has 0 radical (unpaired) electrons. The molecule has 1 amide bonds. The Morgan fingerprint density at radius 2 is 2.47 bits per heavy atom. The first kappa shape index (κ1) is 15.0. The van der Waals surface area contributed by atoms with Crippen LogP contribution in [0, 0.1) is 0 Å². The van der Waals surface area contributed by atoms with Crippen LogP contribution in [0.25, 0.3) is 0 Å². The van der Waals surface area contributed by atoms with E-state index in [-0.39, 0.29) is 18.1 Å². The molecular formula is C13H19BrN2O2S. The predicted molar refractivity (Wildman–Crippen MR) is 80.4 cm³/mol. The molecule has 0 saturated carbocycles. The van der Waals surface area contributed by atoms with Gasteiger partial charge in [-0.25, -0.2) is 0 Å². The average Bonchev–Trinajstić information content (AvgIpc) is 2.98. The minimum Gasteiger partial charge on any atom is -0.376 e. The zero-order valence-electron chi connectivity index (χ0n) is 11.2. The van der Waals surface area contributed by atoms with Crippen LogP contribution in [0.5, 0.6) is 0 Å². The lowest BCUT2D eigenvalue weighted by atomic mass is 10.2. The summed E-state index contributed by atoms with van der Waals surface area (Å²) in [5.74, 6) is 0.0369. The van der Waals surface area contributed by atoms with E-state index in [1.54, 1.807) is 11.3 Å². The van der Waals surface area contributed by atoms with Gasteiger partial charge in [0.15, 0.2) is 0 Å². The van der Waals surface area contributed by atoms with E-state index >= 15 is 0 Å². The fourth-order valence-electron chi connectivity index (χ4n) is 2.21. The number of hydrogen-bond acceptors (Lipinski definition) is 4. The third-order valence-corrected chi connectivity index (χ3v) is 4.90. The summed E-state index contributed by atoms with van der Waals surface area (Å²) in [5.41, 5.74) is 0. The van der Waals surface area contributed by atoms with E-state index in [0.717, 1.165) is 28.8 Å². The van der Waals surface area contributed by atoms with E-state index in [1.807, 2.05) is 30.4 Å². The predicted octanol–water partition coefficient (Wildman–Crippen LogP) is 2.41. The van der Waals surface area contributed by atoms with Gasteiger partial charge in [0.25, 0.3) is 0 Å². The third kappa shape index (κ3) is 4.02. The van der Waals surface area contributed by atoms with Gasteiger partial charge in [-0.15, -0.1) is 11.3 Å². The van der Waals surface area contributed by atoms with E-state index in [1.165, 1.54) is 0 Å². The van der Waals surface area contributed by atoms with Crippen LogP contribution in [0.1, 0.15) is 23.8 Å². The second-order valence-electron chi connectivity index (χ2n) is 4.91. The Hall–Kier alpha value is -0.430. The van der Waals surface area contributed by atoms with Gasteiger partial charge in [-0.2, -0.15) is 0 Å². The maximum absolute atomic E-state index is 12.3. The summed E-state index contributed by atoms with van der Waals surface area (Å²) in [5, 5.41) is 5.00. The summed E-state index contributed by atoms with van der Waals surface area (Å²) < 4.78 is 6.54. The van der Waals surface area contributed by atoms with Crippen LogP contribution in [0.4, 0.5) is 0 Å². The summed E-state index contributed by atoms with van der Waals surface area (Å²) in [4.78, 5) is 15.3. The van der Waals surface area contributed by atoms with Crippen molar-refractivity contribution in [1.29, 1.82) is 0 Å². The van der Waals surface area contributed by atoms with Crippen molar-refractivity contribution in [2.45, 2.75) is 25.0 Å². The average molecular weight is 347 g/mol. The first-order chi connectivity index (χ1) is 9.08. The normalized spacial score (nSPS) is 20.7. The van der Waals surface area contributed by atoms with Crippen molar-refractivity contribution in [1.82, 2.24) is 10.2 Å². The Labute approximate surface area is 126 Å². The SMILES string of the molecule is CN(C)[C@H](C(=O)NC[C@H]1CCCO1)c1cc(Br)cs1. The van der Waals surface area contributed by atoms with E-state index in [4.69, 9.17) is 4.74 Å². The molecule has 1 aliphatic heterocycles. The van der Waals surface area contributed by atoms with Crippen molar-refractivity contribution in [3.05, 3.63) is 20.8 Å². The number of rotatable bonds is 5. The van der Waals surface area contributed by atoms with Gasteiger partial charge in [-0.3, -0.25) is 9.69 Å². The molecule has 2 heterocycles. The molecule has 2 atom stereocenters. The topological polar surface area (TPSA) is 41.6 Å². The maximum Gasteiger partial charge on any atom is 0.242 e. The smallest absolute Gasteiger partial charge is 0.242 e. The summed E-state index contributed by atoms with van der Waals surface area (Å²) in [6.07, 6.45) is 2.31. The zero-order valence-corrected chi connectivity index (χ0v) is 13.6. The van der Waals surface area contributed by atoms with Crippen molar-refractivity contribution in [2.75, 3.05) is 27.2 Å². The summed E-state index contributed by atoms with van der Waals surface area (Å²) in [7, 11) is 3.84. The van der Waals surface area contributed by atoms with E-state index in [2.05, 4.69) is 21.2 Å². The van der Waals surface area contributed by atoms with Gasteiger partial charge < -0.3 is 10.1 Å². The highest BCUT2D eigenvalue weighted by Gasteiger charge is 2.25. The zero-order chi connectivity index (χ0) is 13.8. The molecule has 1 fully saturated rings. The standard InChI is InChI=1S/C13H19BrN2O2S/c1-16(2)12(11-6-9(14)8-19-11)13(17)15-7-10-4-3-5-18-10/h6,8,10,12H,3-5,7H2,1-2H3,(H,15,17)/t10-,12+/m1/s1. The molecule has 0 bridgehead atoms. The van der Waals surface area contributed by atoms with Gasteiger partial charge in [0.2, 0.25) is 5.91 Å². The van der Waals surface area contributed by atoms with Gasteiger partial charge in [0, 0.05) is 27.9 Å². The van der Waals surface area contributed by atoms with Crippen molar-refractivity contribution in [3.8, 4) is 0 Å². The monoisotopic (exact) mass is 346 g/mol. The number of carbonyl (C=O) groups excluding carboxylic acids is 1. The summed E-state index contributed by atoms with van der Waals surface area (Å²) in [6, 6.07) is 1.76. The number of thiophene rings is 1. The number of likely N-dealkylation sites (N-methyl/N-ethyl adjacent to an activating group) is 1. The largest absolute Gasteiger partial charge is 0.376 e. The first-order valence-electron chi connectivity index (χ1n) is 6.37. The highest BCUT2D eigenvalue weighted by molar-refractivity contribution is 9.10.